The number of rotatable bonds is 6. The van der Waals surface area contributed by atoms with Crippen LogP contribution in [0.1, 0.15) is 38.5 Å². The molecule has 2 nitrogen and oxygen atoms in total. The van der Waals surface area contributed by atoms with Crippen molar-refractivity contribution in [1.82, 2.24) is 5.32 Å². The zero-order valence-corrected chi connectivity index (χ0v) is 10.3. The molecule has 0 aromatic heterocycles. The first-order chi connectivity index (χ1) is 7.59. The van der Waals surface area contributed by atoms with E-state index in [2.05, 4.69) is 5.32 Å². The van der Waals surface area contributed by atoms with E-state index < -0.39 is 5.92 Å². The SMILES string of the molecule is CNC(CCCOC)C1CCC(F)(F)CC1. The second-order valence-corrected chi connectivity index (χ2v) is 4.72. The van der Waals surface area contributed by atoms with Crippen LogP contribution in [0.5, 0.6) is 0 Å². The fraction of sp³-hybridized carbons (Fsp3) is 1.00. The van der Waals surface area contributed by atoms with E-state index in [9.17, 15) is 8.78 Å². The summed E-state index contributed by atoms with van der Waals surface area (Å²) in [5, 5.41) is 3.26. The van der Waals surface area contributed by atoms with E-state index >= 15 is 0 Å². The molecule has 4 heteroatoms. The lowest BCUT2D eigenvalue weighted by molar-refractivity contribution is -0.0498. The van der Waals surface area contributed by atoms with Crippen LogP contribution in [0.2, 0.25) is 0 Å². The van der Waals surface area contributed by atoms with Crippen molar-refractivity contribution in [2.24, 2.45) is 5.92 Å². The largest absolute Gasteiger partial charge is 0.385 e. The van der Waals surface area contributed by atoms with E-state index in [-0.39, 0.29) is 12.8 Å². The van der Waals surface area contributed by atoms with Crippen LogP contribution in [0, 0.1) is 5.92 Å². The molecule has 16 heavy (non-hydrogen) atoms. The Morgan fingerprint density at radius 3 is 2.50 bits per heavy atom. The summed E-state index contributed by atoms with van der Waals surface area (Å²) < 4.78 is 31.0. The van der Waals surface area contributed by atoms with Crippen molar-refractivity contribution in [1.29, 1.82) is 0 Å². The molecule has 0 saturated heterocycles. The Morgan fingerprint density at radius 2 is 2.00 bits per heavy atom. The molecule has 1 saturated carbocycles. The average Bonchev–Trinajstić information content (AvgIpc) is 2.25. The van der Waals surface area contributed by atoms with Crippen LogP contribution in [0.25, 0.3) is 0 Å². The number of alkyl halides is 2. The molecule has 1 N–H and O–H groups in total. The number of hydrogen-bond acceptors (Lipinski definition) is 2. The molecule has 0 spiro atoms. The minimum absolute atomic E-state index is 0.0557. The lowest BCUT2D eigenvalue weighted by Gasteiger charge is -2.33. The molecule has 1 unspecified atom stereocenters. The maximum absolute atomic E-state index is 13.0. The molecule has 1 fully saturated rings. The van der Waals surface area contributed by atoms with Gasteiger partial charge in [-0.05, 0) is 38.6 Å². The summed E-state index contributed by atoms with van der Waals surface area (Å²) in [6, 6.07) is 0.367. The number of ether oxygens (including phenoxy) is 1. The third kappa shape index (κ3) is 4.34. The molecule has 0 aromatic carbocycles. The summed E-state index contributed by atoms with van der Waals surface area (Å²) in [5.74, 6) is -2.01. The highest BCUT2D eigenvalue weighted by atomic mass is 19.3. The van der Waals surface area contributed by atoms with Gasteiger partial charge < -0.3 is 10.1 Å². The van der Waals surface area contributed by atoms with Gasteiger partial charge in [0.15, 0.2) is 0 Å². The smallest absolute Gasteiger partial charge is 0.248 e. The van der Waals surface area contributed by atoms with Crippen LogP contribution in [0.4, 0.5) is 8.78 Å². The molecule has 96 valence electrons. The zero-order valence-electron chi connectivity index (χ0n) is 10.3. The molecule has 1 rings (SSSR count). The van der Waals surface area contributed by atoms with E-state index in [0.29, 0.717) is 24.8 Å². The standard InChI is InChI=1S/C12H23F2NO/c1-15-11(4-3-9-16-2)10-5-7-12(13,14)8-6-10/h10-11,15H,3-9H2,1-2H3. The summed E-state index contributed by atoms with van der Waals surface area (Å²) in [5.41, 5.74) is 0. The van der Waals surface area contributed by atoms with Gasteiger partial charge in [0.1, 0.15) is 0 Å². The van der Waals surface area contributed by atoms with E-state index in [1.807, 2.05) is 7.05 Å². The van der Waals surface area contributed by atoms with Crippen molar-refractivity contribution >= 4 is 0 Å². The summed E-state index contributed by atoms with van der Waals surface area (Å²) in [6.07, 6.45) is 3.41. The first-order valence-corrected chi connectivity index (χ1v) is 6.13. The molecule has 0 aliphatic heterocycles. The Balaban J connectivity index is 2.31. The second kappa shape index (κ2) is 6.50. The van der Waals surface area contributed by atoms with Gasteiger partial charge >= 0.3 is 0 Å². The Kier molecular flexibility index (Phi) is 5.62. The lowest BCUT2D eigenvalue weighted by atomic mass is 9.80. The summed E-state index contributed by atoms with van der Waals surface area (Å²) in [6.45, 7) is 0.751. The molecule has 0 radical (unpaired) electrons. The summed E-state index contributed by atoms with van der Waals surface area (Å²) in [4.78, 5) is 0. The average molecular weight is 235 g/mol. The first kappa shape index (κ1) is 13.8. The van der Waals surface area contributed by atoms with Crippen LogP contribution >= 0.6 is 0 Å². The van der Waals surface area contributed by atoms with Gasteiger partial charge in [0.2, 0.25) is 5.92 Å². The molecule has 0 amide bonds. The topological polar surface area (TPSA) is 21.3 Å². The third-order valence-corrected chi connectivity index (χ3v) is 3.57. The molecule has 0 aromatic rings. The summed E-state index contributed by atoms with van der Waals surface area (Å²) in [7, 11) is 3.61. The molecule has 0 bridgehead atoms. The van der Waals surface area contributed by atoms with Crippen LogP contribution < -0.4 is 5.32 Å². The fourth-order valence-electron chi connectivity index (χ4n) is 2.53. The minimum Gasteiger partial charge on any atom is -0.385 e. The fourth-order valence-corrected chi connectivity index (χ4v) is 2.53. The molecule has 1 aliphatic rings. The van der Waals surface area contributed by atoms with E-state index in [0.717, 1.165) is 19.4 Å². The highest BCUT2D eigenvalue weighted by molar-refractivity contribution is 4.84. The van der Waals surface area contributed by atoms with Gasteiger partial charge in [0, 0.05) is 32.6 Å². The van der Waals surface area contributed by atoms with Crippen LogP contribution in [-0.2, 0) is 4.74 Å². The molecule has 1 atom stereocenters. The second-order valence-electron chi connectivity index (χ2n) is 4.72. The van der Waals surface area contributed by atoms with Gasteiger partial charge in [-0.15, -0.1) is 0 Å². The maximum Gasteiger partial charge on any atom is 0.248 e. The molecule has 1 aliphatic carbocycles. The Morgan fingerprint density at radius 1 is 1.38 bits per heavy atom. The normalized spacial score (nSPS) is 23.2. The quantitative estimate of drug-likeness (QED) is 0.715. The Bertz CT molecular complexity index is 189. The minimum atomic E-state index is -2.42. The van der Waals surface area contributed by atoms with Gasteiger partial charge in [0.25, 0.3) is 0 Å². The zero-order chi connectivity index (χ0) is 12.0. The summed E-state index contributed by atoms with van der Waals surface area (Å²) >= 11 is 0. The maximum atomic E-state index is 13.0. The van der Waals surface area contributed by atoms with Gasteiger partial charge in [0.05, 0.1) is 0 Å². The Hall–Kier alpha value is -0.220. The molecule has 0 heterocycles. The van der Waals surface area contributed by atoms with E-state index in [1.165, 1.54) is 0 Å². The van der Waals surface area contributed by atoms with Crippen LogP contribution in [0.15, 0.2) is 0 Å². The van der Waals surface area contributed by atoms with Crippen LogP contribution in [-0.4, -0.2) is 32.7 Å². The van der Waals surface area contributed by atoms with E-state index in [4.69, 9.17) is 4.74 Å². The highest BCUT2D eigenvalue weighted by Gasteiger charge is 2.36. The first-order valence-electron chi connectivity index (χ1n) is 6.13. The van der Waals surface area contributed by atoms with Gasteiger partial charge in [-0.1, -0.05) is 0 Å². The van der Waals surface area contributed by atoms with Gasteiger partial charge in [-0.25, -0.2) is 8.78 Å². The molecular formula is C12H23F2NO. The monoisotopic (exact) mass is 235 g/mol. The van der Waals surface area contributed by atoms with Crippen molar-refractivity contribution in [3.8, 4) is 0 Å². The highest BCUT2D eigenvalue weighted by Crippen LogP contribution is 2.38. The number of halogens is 2. The van der Waals surface area contributed by atoms with E-state index in [1.54, 1.807) is 7.11 Å². The Labute approximate surface area is 96.7 Å². The van der Waals surface area contributed by atoms with Gasteiger partial charge in [-0.3, -0.25) is 0 Å². The lowest BCUT2D eigenvalue weighted by Crippen LogP contribution is -2.38. The van der Waals surface area contributed by atoms with Crippen molar-refractivity contribution in [2.75, 3.05) is 20.8 Å². The van der Waals surface area contributed by atoms with Crippen LogP contribution in [0.3, 0.4) is 0 Å². The van der Waals surface area contributed by atoms with Gasteiger partial charge in [-0.2, -0.15) is 0 Å². The molecular weight excluding hydrogens is 212 g/mol. The predicted molar refractivity (Wildman–Crippen MR) is 60.9 cm³/mol. The predicted octanol–water partition coefficient (Wildman–Crippen LogP) is 2.83. The van der Waals surface area contributed by atoms with Crippen molar-refractivity contribution in [3.63, 3.8) is 0 Å². The van der Waals surface area contributed by atoms with Crippen molar-refractivity contribution in [3.05, 3.63) is 0 Å². The third-order valence-electron chi connectivity index (χ3n) is 3.57. The number of hydrogen-bond donors (Lipinski definition) is 1. The number of methoxy groups -OCH3 is 1. The van der Waals surface area contributed by atoms with Crippen molar-refractivity contribution in [2.45, 2.75) is 50.5 Å². The van der Waals surface area contributed by atoms with Crippen molar-refractivity contribution < 1.29 is 13.5 Å². The number of nitrogens with one attached hydrogen (secondary N) is 1.